The van der Waals surface area contributed by atoms with Crippen LogP contribution in [0.3, 0.4) is 0 Å². The summed E-state index contributed by atoms with van der Waals surface area (Å²) in [6, 6.07) is 3.74. The van der Waals surface area contributed by atoms with Crippen LogP contribution >= 0.6 is 11.9 Å². The molecule has 0 saturated carbocycles. The number of halogens is 1. The summed E-state index contributed by atoms with van der Waals surface area (Å²) in [5.41, 5.74) is 5.08. The molecule has 0 aliphatic carbocycles. The highest BCUT2D eigenvalue weighted by Crippen LogP contribution is 2.17. The van der Waals surface area contributed by atoms with Crippen molar-refractivity contribution in [3.8, 4) is 0 Å². The Morgan fingerprint density at radius 2 is 2.28 bits per heavy atom. The predicted molar refractivity (Wildman–Crippen MR) is 65.0 cm³/mol. The molecular weight excluding hydrogens is 259 g/mol. The van der Waals surface area contributed by atoms with Crippen LogP contribution in [-0.4, -0.2) is 20.9 Å². The van der Waals surface area contributed by atoms with E-state index < -0.39 is 17.0 Å². The molecule has 0 aliphatic rings. The SMILES string of the molecule is NC(=O)NSC(=O)Cn1ncc2cccc(F)c21. The lowest BCUT2D eigenvalue weighted by Crippen LogP contribution is -2.25. The van der Waals surface area contributed by atoms with Gasteiger partial charge in [-0.25, -0.2) is 9.18 Å². The Labute approximate surface area is 105 Å². The van der Waals surface area contributed by atoms with Gasteiger partial charge in [-0.3, -0.25) is 14.2 Å². The molecule has 0 spiro atoms. The van der Waals surface area contributed by atoms with Gasteiger partial charge in [0.25, 0.3) is 0 Å². The number of urea groups is 1. The molecule has 0 radical (unpaired) electrons. The molecule has 1 aromatic carbocycles. The summed E-state index contributed by atoms with van der Waals surface area (Å²) in [6.07, 6.45) is 1.47. The monoisotopic (exact) mass is 268 g/mol. The van der Waals surface area contributed by atoms with Crippen molar-refractivity contribution >= 4 is 34.0 Å². The average Bonchev–Trinajstić information content (AvgIpc) is 2.71. The van der Waals surface area contributed by atoms with E-state index in [1.165, 1.54) is 16.9 Å². The number of amides is 2. The van der Waals surface area contributed by atoms with Crippen LogP contribution in [0.4, 0.5) is 9.18 Å². The Hall–Kier alpha value is -2.09. The normalized spacial score (nSPS) is 10.5. The van der Waals surface area contributed by atoms with Crippen molar-refractivity contribution in [2.45, 2.75) is 6.54 Å². The Morgan fingerprint density at radius 1 is 1.50 bits per heavy atom. The van der Waals surface area contributed by atoms with Crippen molar-refractivity contribution < 1.29 is 14.0 Å². The lowest BCUT2D eigenvalue weighted by molar-refractivity contribution is -0.111. The fourth-order valence-corrected chi connectivity index (χ4v) is 1.88. The summed E-state index contributed by atoms with van der Waals surface area (Å²) in [4.78, 5) is 21.9. The largest absolute Gasteiger partial charge is 0.351 e. The third-order valence-corrected chi connectivity index (χ3v) is 2.82. The molecule has 0 aliphatic heterocycles. The molecule has 2 aromatic rings. The zero-order valence-electron chi connectivity index (χ0n) is 9.09. The zero-order valence-corrected chi connectivity index (χ0v) is 9.91. The second kappa shape index (κ2) is 5.05. The molecule has 6 nitrogen and oxygen atoms in total. The summed E-state index contributed by atoms with van der Waals surface area (Å²) in [7, 11) is 0. The molecule has 3 N–H and O–H groups in total. The number of carbonyl (C=O) groups excluding carboxylic acids is 2. The van der Waals surface area contributed by atoms with E-state index in [2.05, 4.69) is 9.82 Å². The van der Waals surface area contributed by atoms with Crippen LogP contribution < -0.4 is 10.5 Å². The highest BCUT2D eigenvalue weighted by atomic mass is 32.2. The van der Waals surface area contributed by atoms with E-state index in [0.29, 0.717) is 17.3 Å². The van der Waals surface area contributed by atoms with E-state index in [9.17, 15) is 14.0 Å². The first kappa shape index (κ1) is 12.4. The number of aromatic nitrogens is 2. The first-order chi connectivity index (χ1) is 8.58. The Bertz CT molecular complexity index is 613. The number of para-hydroxylation sites is 1. The van der Waals surface area contributed by atoms with Crippen molar-refractivity contribution in [2.24, 2.45) is 5.73 Å². The molecule has 0 atom stereocenters. The third-order valence-electron chi connectivity index (χ3n) is 2.16. The van der Waals surface area contributed by atoms with E-state index in [1.807, 2.05) is 0 Å². The summed E-state index contributed by atoms with van der Waals surface area (Å²) in [5, 5.41) is 4.13. The number of nitrogens with two attached hydrogens (primary N) is 1. The topological polar surface area (TPSA) is 90.0 Å². The minimum atomic E-state index is -0.815. The number of hydrogen-bond acceptors (Lipinski definition) is 4. The maximum absolute atomic E-state index is 13.6. The minimum absolute atomic E-state index is 0.157. The van der Waals surface area contributed by atoms with Crippen LogP contribution in [0.5, 0.6) is 0 Å². The minimum Gasteiger partial charge on any atom is -0.351 e. The summed E-state index contributed by atoms with van der Waals surface area (Å²) in [6.45, 7) is -0.157. The predicted octanol–water partition coefficient (Wildman–Crippen LogP) is 1.02. The summed E-state index contributed by atoms with van der Waals surface area (Å²) < 4.78 is 16.9. The number of nitrogens with one attached hydrogen (secondary N) is 1. The van der Waals surface area contributed by atoms with Gasteiger partial charge in [0.15, 0.2) is 0 Å². The van der Waals surface area contributed by atoms with Crippen molar-refractivity contribution in [1.29, 1.82) is 0 Å². The van der Waals surface area contributed by atoms with Gasteiger partial charge in [-0.15, -0.1) is 0 Å². The molecule has 8 heteroatoms. The van der Waals surface area contributed by atoms with Crippen molar-refractivity contribution in [1.82, 2.24) is 14.5 Å². The second-order valence-electron chi connectivity index (χ2n) is 3.42. The van der Waals surface area contributed by atoms with Gasteiger partial charge in [-0.05, 0) is 6.07 Å². The first-order valence-electron chi connectivity index (χ1n) is 4.93. The van der Waals surface area contributed by atoms with E-state index in [4.69, 9.17) is 5.73 Å². The van der Waals surface area contributed by atoms with E-state index in [0.717, 1.165) is 0 Å². The van der Waals surface area contributed by atoms with Crippen molar-refractivity contribution in [3.63, 3.8) is 0 Å². The number of primary amides is 1. The molecule has 0 unspecified atom stereocenters. The third kappa shape index (κ3) is 2.59. The van der Waals surface area contributed by atoms with Gasteiger partial charge in [-0.1, -0.05) is 12.1 Å². The van der Waals surface area contributed by atoms with Crippen LogP contribution in [0, 0.1) is 5.82 Å². The van der Waals surface area contributed by atoms with Crippen LogP contribution in [0.1, 0.15) is 0 Å². The van der Waals surface area contributed by atoms with Gasteiger partial charge < -0.3 is 5.73 Å². The van der Waals surface area contributed by atoms with E-state index >= 15 is 0 Å². The molecular formula is C10H9FN4O2S. The fourth-order valence-electron chi connectivity index (χ4n) is 1.48. The average molecular weight is 268 g/mol. The standard InChI is InChI=1S/C10H9FN4O2S/c11-7-3-1-2-6-4-13-15(9(6)7)5-8(16)18-14-10(12)17/h1-4H,5H2,(H3,12,14,17). The molecule has 0 saturated heterocycles. The molecule has 2 rings (SSSR count). The zero-order chi connectivity index (χ0) is 13.1. The lowest BCUT2D eigenvalue weighted by atomic mass is 10.2. The van der Waals surface area contributed by atoms with E-state index in [-0.39, 0.29) is 12.1 Å². The van der Waals surface area contributed by atoms with Crippen LogP contribution in [-0.2, 0) is 11.3 Å². The molecule has 94 valence electrons. The molecule has 2 amide bonds. The quantitative estimate of drug-likeness (QED) is 0.796. The van der Waals surface area contributed by atoms with Crippen LogP contribution in [0.15, 0.2) is 24.4 Å². The van der Waals surface area contributed by atoms with E-state index in [1.54, 1.807) is 12.1 Å². The van der Waals surface area contributed by atoms with Crippen molar-refractivity contribution in [2.75, 3.05) is 0 Å². The number of carbonyl (C=O) groups is 2. The molecule has 18 heavy (non-hydrogen) atoms. The summed E-state index contributed by atoms with van der Waals surface area (Å²) in [5.74, 6) is -0.453. The lowest BCUT2D eigenvalue weighted by Gasteiger charge is -2.03. The Morgan fingerprint density at radius 3 is 3.00 bits per heavy atom. The highest BCUT2D eigenvalue weighted by Gasteiger charge is 2.12. The number of rotatable bonds is 2. The highest BCUT2D eigenvalue weighted by molar-refractivity contribution is 8.12. The molecule has 0 bridgehead atoms. The van der Waals surface area contributed by atoms with Gasteiger partial charge in [-0.2, -0.15) is 5.10 Å². The maximum atomic E-state index is 13.6. The van der Waals surface area contributed by atoms with Gasteiger partial charge in [0, 0.05) is 17.3 Å². The number of hydrogen-bond donors (Lipinski definition) is 2. The molecule has 1 heterocycles. The maximum Gasteiger partial charge on any atom is 0.322 e. The van der Waals surface area contributed by atoms with Crippen LogP contribution in [0.2, 0.25) is 0 Å². The summed E-state index contributed by atoms with van der Waals surface area (Å²) >= 11 is 0.550. The van der Waals surface area contributed by atoms with Crippen LogP contribution in [0.25, 0.3) is 10.9 Å². The van der Waals surface area contributed by atoms with Crippen molar-refractivity contribution in [3.05, 3.63) is 30.2 Å². The van der Waals surface area contributed by atoms with Gasteiger partial charge in [0.05, 0.1) is 6.20 Å². The van der Waals surface area contributed by atoms with Gasteiger partial charge in [0.2, 0.25) is 5.12 Å². The Balaban J connectivity index is 2.17. The number of fused-ring (bicyclic) bond motifs is 1. The fraction of sp³-hybridized carbons (Fsp3) is 0.100. The number of nitrogens with zero attached hydrogens (tertiary/aromatic N) is 2. The van der Waals surface area contributed by atoms with Gasteiger partial charge >= 0.3 is 6.03 Å². The number of benzene rings is 1. The smallest absolute Gasteiger partial charge is 0.322 e. The van der Waals surface area contributed by atoms with Gasteiger partial charge in [0.1, 0.15) is 17.9 Å². The second-order valence-corrected chi connectivity index (χ2v) is 4.28. The molecule has 0 fully saturated rings. The Kier molecular flexibility index (Phi) is 3.47. The molecule has 1 aromatic heterocycles. The first-order valence-corrected chi connectivity index (χ1v) is 5.74.